The van der Waals surface area contributed by atoms with E-state index in [4.69, 9.17) is 0 Å². The molecule has 0 aromatic carbocycles. The molecule has 1 heterocycles. The van der Waals surface area contributed by atoms with Crippen LogP contribution in [0.3, 0.4) is 0 Å². The van der Waals surface area contributed by atoms with Crippen LogP contribution >= 0.6 is 0 Å². The lowest BCUT2D eigenvalue weighted by molar-refractivity contribution is -0.131. The topological polar surface area (TPSA) is 32.3 Å². The molecule has 0 radical (unpaired) electrons. The van der Waals surface area contributed by atoms with Gasteiger partial charge in [0.25, 0.3) is 0 Å². The maximum atomic E-state index is 12.6. The fourth-order valence-corrected chi connectivity index (χ4v) is 2.86. The Morgan fingerprint density at radius 1 is 1.26 bits per heavy atom. The Morgan fingerprint density at radius 3 is 2.42 bits per heavy atom. The van der Waals surface area contributed by atoms with Gasteiger partial charge in [0.1, 0.15) is 0 Å². The Balaban J connectivity index is 2.53. The molecule has 1 rings (SSSR count). The number of nitrogens with one attached hydrogen (secondary N) is 1. The van der Waals surface area contributed by atoms with E-state index in [2.05, 4.69) is 37.9 Å². The second kappa shape index (κ2) is 8.01. The number of ketones is 1. The molecule has 1 unspecified atom stereocenters. The quantitative estimate of drug-likeness (QED) is 0.734. The first kappa shape index (κ1) is 16.6. The van der Waals surface area contributed by atoms with Crippen LogP contribution < -0.4 is 5.32 Å². The van der Waals surface area contributed by atoms with Crippen molar-refractivity contribution in [3.63, 3.8) is 0 Å². The van der Waals surface area contributed by atoms with Crippen LogP contribution in [0.15, 0.2) is 0 Å². The van der Waals surface area contributed by atoms with Gasteiger partial charge in [0.2, 0.25) is 0 Å². The van der Waals surface area contributed by atoms with E-state index in [0.717, 1.165) is 39.0 Å². The van der Waals surface area contributed by atoms with E-state index in [-0.39, 0.29) is 5.54 Å². The van der Waals surface area contributed by atoms with Gasteiger partial charge in [-0.3, -0.25) is 9.69 Å². The second-order valence-corrected chi connectivity index (χ2v) is 6.34. The Kier molecular flexibility index (Phi) is 7.01. The molecular weight excluding hydrogens is 236 g/mol. The fraction of sp³-hybridized carbons (Fsp3) is 0.938. The average molecular weight is 268 g/mol. The Labute approximate surface area is 119 Å². The third-order valence-electron chi connectivity index (χ3n) is 4.61. The van der Waals surface area contributed by atoms with Gasteiger partial charge in [-0.15, -0.1) is 0 Å². The van der Waals surface area contributed by atoms with Crippen LogP contribution in [-0.4, -0.2) is 42.4 Å². The third-order valence-corrected chi connectivity index (χ3v) is 4.61. The molecule has 1 aliphatic heterocycles. The van der Waals surface area contributed by atoms with Crippen LogP contribution in [0.25, 0.3) is 0 Å². The van der Waals surface area contributed by atoms with Crippen LogP contribution in [0, 0.1) is 5.92 Å². The van der Waals surface area contributed by atoms with Gasteiger partial charge in [0.05, 0.1) is 5.54 Å². The number of piperazine rings is 1. The average Bonchev–Trinajstić information content (AvgIpc) is 2.44. The summed E-state index contributed by atoms with van der Waals surface area (Å²) in [6, 6.07) is 0. The molecule has 3 heteroatoms. The molecule has 0 aromatic rings. The zero-order chi connectivity index (χ0) is 14.3. The van der Waals surface area contributed by atoms with E-state index in [1.165, 1.54) is 19.3 Å². The molecule has 19 heavy (non-hydrogen) atoms. The van der Waals surface area contributed by atoms with Crippen LogP contribution in [-0.2, 0) is 4.79 Å². The van der Waals surface area contributed by atoms with Crippen molar-refractivity contribution in [1.29, 1.82) is 0 Å². The molecule has 3 nitrogen and oxygen atoms in total. The molecule has 1 fully saturated rings. The molecule has 0 aliphatic carbocycles. The van der Waals surface area contributed by atoms with Crippen molar-refractivity contribution in [3.8, 4) is 0 Å². The van der Waals surface area contributed by atoms with Crippen molar-refractivity contribution in [2.45, 2.75) is 65.3 Å². The van der Waals surface area contributed by atoms with Crippen molar-refractivity contribution in [3.05, 3.63) is 0 Å². The van der Waals surface area contributed by atoms with E-state index in [1.54, 1.807) is 0 Å². The predicted molar refractivity (Wildman–Crippen MR) is 81.5 cm³/mol. The van der Waals surface area contributed by atoms with E-state index in [1.807, 2.05) is 0 Å². The third kappa shape index (κ3) is 4.88. The Hall–Kier alpha value is -0.410. The largest absolute Gasteiger partial charge is 0.314 e. The van der Waals surface area contributed by atoms with Gasteiger partial charge >= 0.3 is 0 Å². The summed E-state index contributed by atoms with van der Waals surface area (Å²) < 4.78 is 0. The fourth-order valence-electron chi connectivity index (χ4n) is 2.86. The summed E-state index contributed by atoms with van der Waals surface area (Å²) in [5, 5.41) is 3.35. The first-order chi connectivity index (χ1) is 9.02. The van der Waals surface area contributed by atoms with Crippen LogP contribution in [0.5, 0.6) is 0 Å². The maximum absolute atomic E-state index is 12.6. The Morgan fingerprint density at radius 2 is 1.89 bits per heavy atom. The Bertz CT molecular complexity index is 270. The molecular formula is C16H32N2O. The lowest BCUT2D eigenvalue weighted by Gasteiger charge is -2.40. The van der Waals surface area contributed by atoms with Gasteiger partial charge in [-0.2, -0.15) is 0 Å². The minimum Gasteiger partial charge on any atom is -0.314 e. The van der Waals surface area contributed by atoms with Crippen LogP contribution in [0.4, 0.5) is 0 Å². The smallest absolute Gasteiger partial charge is 0.152 e. The number of hydrogen-bond acceptors (Lipinski definition) is 3. The highest BCUT2D eigenvalue weighted by atomic mass is 16.1. The zero-order valence-electron chi connectivity index (χ0n) is 13.3. The summed E-state index contributed by atoms with van der Waals surface area (Å²) in [6.45, 7) is 12.6. The van der Waals surface area contributed by atoms with Crippen molar-refractivity contribution in [2.75, 3.05) is 26.2 Å². The first-order valence-electron chi connectivity index (χ1n) is 8.01. The van der Waals surface area contributed by atoms with E-state index >= 15 is 0 Å². The molecule has 1 N–H and O–H groups in total. The van der Waals surface area contributed by atoms with E-state index in [0.29, 0.717) is 11.7 Å². The van der Waals surface area contributed by atoms with E-state index < -0.39 is 0 Å². The van der Waals surface area contributed by atoms with E-state index in [9.17, 15) is 4.79 Å². The SMILES string of the molecule is CCCCC(CC)CC(=O)C(C)(C)N1CCNCC1. The van der Waals surface area contributed by atoms with Gasteiger partial charge in [0.15, 0.2) is 5.78 Å². The molecule has 0 saturated carbocycles. The highest BCUT2D eigenvalue weighted by molar-refractivity contribution is 5.87. The van der Waals surface area contributed by atoms with Gasteiger partial charge in [-0.25, -0.2) is 0 Å². The summed E-state index contributed by atoms with van der Waals surface area (Å²) in [5.74, 6) is 1.01. The number of rotatable bonds is 8. The summed E-state index contributed by atoms with van der Waals surface area (Å²) in [6.07, 6.45) is 5.57. The highest BCUT2D eigenvalue weighted by Gasteiger charge is 2.35. The summed E-state index contributed by atoms with van der Waals surface area (Å²) >= 11 is 0. The summed E-state index contributed by atoms with van der Waals surface area (Å²) in [5.41, 5.74) is -0.290. The van der Waals surface area contributed by atoms with Crippen molar-refractivity contribution in [2.24, 2.45) is 5.92 Å². The molecule has 1 atom stereocenters. The van der Waals surface area contributed by atoms with Crippen molar-refractivity contribution >= 4 is 5.78 Å². The van der Waals surface area contributed by atoms with Crippen molar-refractivity contribution in [1.82, 2.24) is 10.2 Å². The van der Waals surface area contributed by atoms with Crippen LogP contribution in [0.1, 0.15) is 59.8 Å². The number of carbonyl (C=O) groups is 1. The number of hydrogen-bond donors (Lipinski definition) is 1. The molecule has 0 spiro atoms. The number of unbranched alkanes of at least 4 members (excludes halogenated alkanes) is 1. The lowest BCUT2D eigenvalue weighted by atomic mass is 9.85. The second-order valence-electron chi connectivity index (χ2n) is 6.34. The number of carbonyl (C=O) groups excluding carboxylic acids is 1. The molecule has 112 valence electrons. The standard InChI is InChI=1S/C16H32N2O/c1-5-7-8-14(6-2)13-15(19)16(3,4)18-11-9-17-10-12-18/h14,17H,5-13H2,1-4H3. The molecule has 0 amide bonds. The minimum absolute atomic E-state index is 0.290. The number of nitrogens with zero attached hydrogens (tertiary/aromatic N) is 1. The molecule has 1 aliphatic rings. The highest BCUT2D eigenvalue weighted by Crippen LogP contribution is 2.24. The van der Waals surface area contributed by atoms with Gasteiger partial charge in [-0.1, -0.05) is 39.5 Å². The van der Waals surface area contributed by atoms with Crippen LogP contribution in [0.2, 0.25) is 0 Å². The monoisotopic (exact) mass is 268 g/mol. The minimum atomic E-state index is -0.290. The number of Topliss-reactive ketones (excluding diaryl/α,β-unsaturated/α-hetero) is 1. The van der Waals surface area contributed by atoms with Crippen molar-refractivity contribution < 1.29 is 4.79 Å². The first-order valence-corrected chi connectivity index (χ1v) is 8.01. The van der Waals surface area contributed by atoms with Gasteiger partial charge < -0.3 is 5.32 Å². The summed E-state index contributed by atoms with van der Waals surface area (Å²) in [4.78, 5) is 15.0. The van der Waals surface area contributed by atoms with Gasteiger partial charge in [-0.05, 0) is 19.8 Å². The lowest BCUT2D eigenvalue weighted by Crippen LogP contribution is -2.57. The predicted octanol–water partition coefficient (Wildman–Crippen LogP) is 2.85. The van der Waals surface area contributed by atoms with Gasteiger partial charge in [0, 0.05) is 32.6 Å². The zero-order valence-corrected chi connectivity index (χ0v) is 13.3. The molecule has 0 bridgehead atoms. The maximum Gasteiger partial charge on any atom is 0.152 e. The molecule has 0 aromatic heterocycles. The molecule has 1 saturated heterocycles. The normalized spacial score (nSPS) is 19.4. The summed E-state index contributed by atoms with van der Waals surface area (Å²) in [7, 11) is 0.